The van der Waals surface area contributed by atoms with Crippen LogP contribution in [-0.4, -0.2) is 32.6 Å². The third-order valence-corrected chi connectivity index (χ3v) is 5.37. The van der Waals surface area contributed by atoms with Crippen LogP contribution < -0.4 is 24.8 Å². The van der Waals surface area contributed by atoms with Crippen LogP contribution in [0.3, 0.4) is 0 Å². The second-order valence-electron chi connectivity index (χ2n) is 7.87. The third-order valence-electron chi connectivity index (χ3n) is 5.37. The predicted octanol–water partition coefficient (Wildman–Crippen LogP) is 4.88. The number of carbonyl (C=O) groups is 2. The van der Waals surface area contributed by atoms with Gasteiger partial charge < -0.3 is 24.8 Å². The molecule has 0 atom stereocenters. The predicted molar refractivity (Wildman–Crippen MR) is 138 cm³/mol. The molecule has 0 aromatic heterocycles. The van der Waals surface area contributed by atoms with Crippen LogP contribution in [0.1, 0.15) is 16.7 Å². The summed E-state index contributed by atoms with van der Waals surface area (Å²) in [6, 6.07) is 19.4. The van der Waals surface area contributed by atoms with Crippen molar-refractivity contribution in [2.45, 2.75) is 13.8 Å². The summed E-state index contributed by atoms with van der Waals surface area (Å²) >= 11 is 0. The summed E-state index contributed by atoms with van der Waals surface area (Å²) in [5, 5.41) is 15.0. The molecule has 0 saturated heterocycles. The Morgan fingerprint density at radius 2 is 1.64 bits per heavy atom. The summed E-state index contributed by atoms with van der Waals surface area (Å²) in [6.45, 7) is 3.67. The number of methoxy groups -OCH3 is 2. The third kappa shape index (κ3) is 6.64. The molecule has 0 aliphatic heterocycles. The Hall–Kier alpha value is -4.77. The van der Waals surface area contributed by atoms with Crippen molar-refractivity contribution in [2.24, 2.45) is 0 Å². The van der Waals surface area contributed by atoms with Gasteiger partial charge in [0.25, 0.3) is 11.8 Å². The van der Waals surface area contributed by atoms with Gasteiger partial charge in [0.1, 0.15) is 17.4 Å². The molecule has 0 unspecified atom stereocenters. The molecule has 0 heterocycles. The van der Waals surface area contributed by atoms with Gasteiger partial charge in [0, 0.05) is 5.69 Å². The van der Waals surface area contributed by atoms with E-state index in [-0.39, 0.29) is 18.1 Å². The van der Waals surface area contributed by atoms with Crippen LogP contribution >= 0.6 is 0 Å². The summed E-state index contributed by atoms with van der Waals surface area (Å²) < 4.78 is 16.2. The summed E-state index contributed by atoms with van der Waals surface area (Å²) in [6.07, 6.45) is 1.46. The van der Waals surface area contributed by atoms with Crippen LogP contribution in [0.2, 0.25) is 0 Å². The Labute approximate surface area is 210 Å². The van der Waals surface area contributed by atoms with E-state index in [1.54, 1.807) is 48.5 Å². The molecular formula is C28H27N3O5. The SMILES string of the molecule is COc1ccccc1NC(=O)COc1ccc(/C=C(\C#N)C(=O)Nc2ccc(C)c(C)c2)cc1OC. The second-order valence-corrected chi connectivity index (χ2v) is 7.87. The van der Waals surface area contributed by atoms with Gasteiger partial charge in [-0.15, -0.1) is 0 Å². The average molecular weight is 486 g/mol. The van der Waals surface area contributed by atoms with Gasteiger partial charge in [-0.3, -0.25) is 9.59 Å². The number of hydrogen-bond donors (Lipinski definition) is 2. The number of para-hydroxylation sites is 2. The number of rotatable bonds is 9. The standard InChI is InChI=1S/C28H27N3O5/c1-18-9-11-22(13-19(18)2)30-28(33)21(16-29)14-20-10-12-25(26(15-20)35-4)36-17-27(32)31-23-7-5-6-8-24(23)34-3/h5-15H,17H2,1-4H3,(H,30,33)(H,31,32)/b21-14+. The molecule has 8 heteroatoms. The zero-order chi connectivity index (χ0) is 26.1. The Morgan fingerprint density at radius 1 is 0.889 bits per heavy atom. The fraction of sp³-hybridized carbons (Fsp3) is 0.179. The molecule has 3 aromatic carbocycles. The molecule has 0 aliphatic rings. The lowest BCUT2D eigenvalue weighted by molar-refractivity contribution is -0.118. The highest BCUT2D eigenvalue weighted by Gasteiger charge is 2.13. The van der Waals surface area contributed by atoms with Crippen LogP contribution in [0, 0.1) is 25.2 Å². The number of nitriles is 1. The number of benzene rings is 3. The van der Waals surface area contributed by atoms with Gasteiger partial charge in [-0.25, -0.2) is 0 Å². The molecule has 0 spiro atoms. The summed E-state index contributed by atoms with van der Waals surface area (Å²) in [5.74, 6) is 0.325. The molecule has 0 saturated carbocycles. The maximum Gasteiger partial charge on any atom is 0.266 e. The molecule has 2 N–H and O–H groups in total. The number of nitrogens with zero attached hydrogens (tertiary/aromatic N) is 1. The van der Waals surface area contributed by atoms with E-state index in [0.29, 0.717) is 34.2 Å². The Morgan fingerprint density at radius 3 is 2.33 bits per heavy atom. The van der Waals surface area contributed by atoms with Crippen LogP contribution in [-0.2, 0) is 9.59 Å². The zero-order valence-electron chi connectivity index (χ0n) is 20.5. The van der Waals surface area contributed by atoms with E-state index in [0.717, 1.165) is 11.1 Å². The van der Waals surface area contributed by atoms with Crippen molar-refractivity contribution >= 4 is 29.3 Å². The zero-order valence-corrected chi connectivity index (χ0v) is 20.5. The van der Waals surface area contributed by atoms with E-state index in [4.69, 9.17) is 14.2 Å². The first-order valence-electron chi connectivity index (χ1n) is 11.1. The minimum atomic E-state index is -0.520. The van der Waals surface area contributed by atoms with Crippen molar-refractivity contribution in [1.82, 2.24) is 0 Å². The van der Waals surface area contributed by atoms with E-state index in [2.05, 4.69) is 10.6 Å². The van der Waals surface area contributed by atoms with Gasteiger partial charge in [-0.1, -0.05) is 24.3 Å². The average Bonchev–Trinajstić information content (AvgIpc) is 2.88. The highest BCUT2D eigenvalue weighted by atomic mass is 16.5. The van der Waals surface area contributed by atoms with Gasteiger partial charge in [0.15, 0.2) is 18.1 Å². The normalized spacial score (nSPS) is 10.7. The molecule has 0 bridgehead atoms. The molecule has 0 radical (unpaired) electrons. The molecule has 184 valence electrons. The van der Waals surface area contributed by atoms with E-state index in [1.165, 1.54) is 20.3 Å². The molecule has 2 amide bonds. The largest absolute Gasteiger partial charge is 0.495 e. The topological polar surface area (TPSA) is 110 Å². The number of ether oxygens (including phenoxy) is 3. The highest BCUT2D eigenvalue weighted by Crippen LogP contribution is 2.29. The molecule has 3 aromatic rings. The van der Waals surface area contributed by atoms with Crippen molar-refractivity contribution in [3.8, 4) is 23.3 Å². The fourth-order valence-electron chi connectivity index (χ4n) is 3.30. The first-order chi connectivity index (χ1) is 17.3. The number of aryl methyl sites for hydroxylation is 2. The quantitative estimate of drug-likeness (QED) is 0.330. The summed E-state index contributed by atoms with van der Waals surface area (Å²) in [7, 11) is 2.98. The fourth-order valence-corrected chi connectivity index (χ4v) is 3.30. The van der Waals surface area contributed by atoms with Gasteiger partial charge in [-0.2, -0.15) is 5.26 Å². The smallest absolute Gasteiger partial charge is 0.266 e. The first-order valence-corrected chi connectivity index (χ1v) is 11.1. The van der Waals surface area contributed by atoms with Gasteiger partial charge in [-0.05, 0) is 73.0 Å². The Balaban J connectivity index is 1.69. The maximum atomic E-state index is 12.6. The molecule has 8 nitrogen and oxygen atoms in total. The van der Waals surface area contributed by atoms with Crippen LogP contribution in [0.25, 0.3) is 6.08 Å². The minimum Gasteiger partial charge on any atom is -0.495 e. The summed E-state index contributed by atoms with van der Waals surface area (Å²) in [4.78, 5) is 25.0. The molecular weight excluding hydrogens is 458 g/mol. The number of nitrogens with one attached hydrogen (secondary N) is 2. The number of carbonyl (C=O) groups excluding carboxylic acids is 2. The van der Waals surface area contributed by atoms with Crippen molar-refractivity contribution in [2.75, 3.05) is 31.5 Å². The van der Waals surface area contributed by atoms with Crippen molar-refractivity contribution in [1.29, 1.82) is 5.26 Å². The minimum absolute atomic E-state index is 0.0693. The maximum absolute atomic E-state index is 12.6. The van der Waals surface area contributed by atoms with Crippen molar-refractivity contribution in [3.63, 3.8) is 0 Å². The second kappa shape index (κ2) is 12.1. The lowest BCUT2D eigenvalue weighted by atomic mass is 10.1. The molecule has 0 fully saturated rings. The number of hydrogen-bond acceptors (Lipinski definition) is 6. The van der Waals surface area contributed by atoms with Gasteiger partial charge in [0.2, 0.25) is 0 Å². The summed E-state index contributed by atoms with van der Waals surface area (Å²) in [5.41, 5.74) is 3.77. The lowest BCUT2D eigenvalue weighted by Crippen LogP contribution is -2.20. The monoisotopic (exact) mass is 485 g/mol. The molecule has 36 heavy (non-hydrogen) atoms. The van der Waals surface area contributed by atoms with E-state index in [1.807, 2.05) is 32.0 Å². The Bertz CT molecular complexity index is 1340. The van der Waals surface area contributed by atoms with E-state index in [9.17, 15) is 14.9 Å². The van der Waals surface area contributed by atoms with Gasteiger partial charge >= 0.3 is 0 Å². The van der Waals surface area contributed by atoms with Crippen LogP contribution in [0.15, 0.2) is 66.2 Å². The van der Waals surface area contributed by atoms with Gasteiger partial charge in [0.05, 0.1) is 19.9 Å². The first kappa shape index (κ1) is 25.8. The van der Waals surface area contributed by atoms with Crippen molar-refractivity contribution in [3.05, 3.63) is 82.9 Å². The van der Waals surface area contributed by atoms with Crippen LogP contribution in [0.5, 0.6) is 17.2 Å². The molecule has 3 rings (SSSR count). The lowest BCUT2D eigenvalue weighted by Gasteiger charge is -2.13. The van der Waals surface area contributed by atoms with Crippen LogP contribution in [0.4, 0.5) is 11.4 Å². The molecule has 0 aliphatic carbocycles. The van der Waals surface area contributed by atoms with E-state index < -0.39 is 5.91 Å². The van der Waals surface area contributed by atoms with E-state index >= 15 is 0 Å². The number of amides is 2. The highest BCUT2D eigenvalue weighted by molar-refractivity contribution is 6.09. The van der Waals surface area contributed by atoms with Crippen molar-refractivity contribution < 1.29 is 23.8 Å². The Kier molecular flexibility index (Phi) is 8.68. The number of anilines is 2.